The topological polar surface area (TPSA) is 28.0 Å². The van der Waals surface area contributed by atoms with Crippen LogP contribution in [0.1, 0.15) is 29.2 Å². The minimum atomic E-state index is -1.50. The summed E-state index contributed by atoms with van der Waals surface area (Å²) in [6.07, 6.45) is 0. The number of para-hydroxylation sites is 2. The van der Waals surface area contributed by atoms with Crippen LogP contribution in [-0.2, 0) is 0 Å². The molecule has 7 rings (SSSR count). The molecule has 54 heavy (non-hydrogen) atoms. The Balaban J connectivity index is 1.41. The number of aliphatic imine (C=N–C) groups is 2. The van der Waals surface area contributed by atoms with Gasteiger partial charge in [-0.05, 0) is 129 Å². The fraction of sp³-hybridized carbons (Fsp3) is 0.0476. The van der Waals surface area contributed by atoms with E-state index in [1.165, 1.54) is 59.0 Å². The molecule has 0 fully saturated rings. The van der Waals surface area contributed by atoms with Crippen LogP contribution in [0, 0.1) is 52.5 Å². The van der Waals surface area contributed by atoms with Crippen molar-refractivity contribution in [1.29, 1.82) is 0 Å². The van der Waals surface area contributed by atoms with Gasteiger partial charge in [-0.1, -0.05) is 67.2 Å². The van der Waals surface area contributed by atoms with E-state index in [1.807, 2.05) is 48.5 Å². The summed E-state index contributed by atoms with van der Waals surface area (Å²) in [5.74, 6) is -7.47. The van der Waals surface area contributed by atoms with Gasteiger partial charge in [0.25, 0.3) is 0 Å². The molecular weight excluding hydrogens is 1040 g/mol. The third-order valence-corrected chi connectivity index (χ3v) is 13.0. The maximum atomic E-state index is 15.5. The molecule has 1 aliphatic rings. The lowest BCUT2D eigenvalue weighted by molar-refractivity contribution is 0.483. The van der Waals surface area contributed by atoms with E-state index < -0.39 is 60.9 Å². The lowest BCUT2D eigenvalue weighted by atomic mass is 9.95. The molecule has 0 spiro atoms. The molecule has 0 saturated heterocycles. The van der Waals surface area contributed by atoms with Gasteiger partial charge in [0.1, 0.15) is 17.5 Å². The van der Waals surface area contributed by atoms with Gasteiger partial charge in [0.2, 0.25) is 0 Å². The van der Waals surface area contributed by atoms with Crippen LogP contribution >= 0.6 is 67.8 Å². The zero-order valence-corrected chi connectivity index (χ0v) is 34.7. The lowest BCUT2D eigenvalue weighted by Crippen LogP contribution is -2.13. The number of amidine groups is 1. The van der Waals surface area contributed by atoms with Crippen molar-refractivity contribution in [2.45, 2.75) is 13.8 Å². The van der Waals surface area contributed by atoms with E-state index in [-0.39, 0.29) is 24.3 Å². The first kappa shape index (κ1) is 38.3. The molecule has 0 atom stereocenters. The largest absolute Gasteiger partial charge is 0.309 e. The first-order chi connectivity index (χ1) is 25.8. The number of hydrogen-bond acceptors (Lipinski definition) is 2. The minimum absolute atomic E-state index is 0.176. The number of anilines is 3. The molecule has 1 heterocycles. The van der Waals surface area contributed by atoms with Crippen LogP contribution in [0.15, 0.2) is 114 Å². The van der Waals surface area contributed by atoms with Crippen molar-refractivity contribution in [3.63, 3.8) is 0 Å². The fourth-order valence-corrected chi connectivity index (χ4v) is 8.05. The van der Waals surface area contributed by atoms with Gasteiger partial charge in [0.15, 0.2) is 23.3 Å². The second-order valence-corrected chi connectivity index (χ2v) is 15.5. The first-order valence-corrected chi connectivity index (χ1v) is 19.4. The Bertz CT molecular complexity index is 2480. The third kappa shape index (κ3) is 6.56. The molecule has 0 aliphatic carbocycles. The number of benzene rings is 6. The fourth-order valence-electron chi connectivity index (χ4n) is 6.39. The second-order valence-electron chi connectivity index (χ2n) is 12.2. The summed E-state index contributed by atoms with van der Waals surface area (Å²) in [7, 11) is 0. The van der Waals surface area contributed by atoms with Crippen molar-refractivity contribution in [2.24, 2.45) is 9.98 Å². The maximum Gasteiger partial charge on any atom is 0.174 e. The highest BCUT2D eigenvalue weighted by Crippen LogP contribution is 2.50. The normalized spacial score (nSPS) is 12.6. The molecule has 0 N–H and O–H groups in total. The van der Waals surface area contributed by atoms with Crippen LogP contribution in [-0.4, -0.2) is 11.5 Å². The molecule has 12 heteroatoms. The average molecular weight is 1070 g/mol. The Hall–Kier alpha value is -4.03. The summed E-state index contributed by atoms with van der Waals surface area (Å²) >= 11 is 4.51. The van der Waals surface area contributed by atoms with Crippen molar-refractivity contribution >= 4 is 102 Å². The molecule has 0 radical (unpaired) electrons. The van der Waals surface area contributed by atoms with Gasteiger partial charge in [-0.2, -0.15) is 0 Å². The molecule has 0 bridgehead atoms. The van der Waals surface area contributed by atoms with Crippen LogP contribution in [0.3, 0.4) is 0 Å². The number of halogens is 9. The van der Waals surface area contributed by atoms with Gasteiger partial charge in [-0.3, -0.25) is 0 Å². The van der Waals surface area contributed by atoms with E-state index in [9.17, 15) is 8.78 Å². The highest BCUT2D eigenvalue weighted by molar-refractivity contribution is 14.1. The third-order valence-electron chi connectivity index (χ3n) is 9.04. The molecule has 6 aromatic carbocycles. The Kier molecular flexibility index (Phi) is 10.8. The van der Waals surface area contributed by atoms with E-state index >= 15 is 17.6 Å². The smallest absolute Gasteiger partial charge is 0.174 e. The van der Waals surface area contributed by atoms with Crippen LogP contribution in [0.4, 0.5) is 43.4 Å². The van der Waals surface area contributed by atoms with Crippen molar-refractivity contribution in [2.75, 3.05) is 4.90 Å². The van der Waals surface area contributed by atoms with Crippen molar-refractivity contribution in [3.8, 4) is 22.3 Å². The molecule has 3 nitrogen and oxygen atoms in total. The van der Waals surface area contributed by atoms with E-state index in [0.717, 1.165) is 39.3 Å². The Morgan fingerprint density at radius 3 is 1.57 bits per heavy atom. The van der Waals surface area contributed by atoms with E-state index in [1.54, 1.807) is 46.9 Å². The molecule has 0 unspecified atom stereocenters. The Morgan fingerprint density at radius 2 is 1.02 bits per heavy atom. The zero-order chi connectivity index (χ0) is 38.6. The molecular formula is C42H24F6I3N3. The number of fused-ring (bicyclic) bond motifs is 5. The van der Waals surface area contributed by atoms with E-state index in [4.69, 9.17) is 0 Å². The van der Waals surface area contributed by atoms with Gasteiger partial charge in [0, 0.05) is 27.9 Å². The molecule has 6 aromatic rings. The molecule has 0 saturated carbocycles. The standard InChI is InChI=1S/C42H24F6I3N3/c1-20-33(43)31(36(46)39(49)34(20)44)21(2)52-42(53-22(3)32-35(45)38(48)41(51)40(50)37(32)47)23-16-18-24(19-17-23)54-29-14-8-6-12-27(29)25-10-4-5-11-26(25)28-13-7-9-15-30(28)54/h4-19H,3H2,1-2H3. The Labute approximate surface area is 348 Å². The summed E-state index contributed by atoms with van der Waals surface area (Å²) in [6, 6.07) is 31.0. The van der Waals surface area contributed by atoms with Gasteiger partial charge in [0.05, 0.1) is 44.6 Å². The maximum absolute atomic E-state index is 15.5. The van der Waals surface area contributed by atoms with E-state index in [0.29, 0.717) is 0 Å². The summed E-state index contributed by atoms with van der Waals surface area (Å²) in [5.41, 5.74) is 4.36. The number of rotatable bonds is 5. The van der Waals surface area contributed by atoms with Crippen LogP contribution in [0.5, 0.6) is 0 Å². The van der Waals surface area contributed by atoms with Gasteiger partial charge in [-0.15, -0.1) is 0 Å². The highest BCUT2D eigenvalue weighted by Gasteiger charge is 2.28. The van der Waals surface area contributed by atoms with Crippen molar-refractivity contribution in [3.05, 3.63) is 172 Å². The lowest BCUT2D eigenvalue weighted by Gasteiger charge is -2.27. The van der Waals surface area contributed by atoms with Gasteiger partial charge >= 0.3 is 0 Å². The highest BCUT2D eigenvalue weighted by atomic mass is 127. The van der Waals surface area contributed by atoms with Crippen molar-refractivity contribution < 1.29 is 26.3 Å². The minimum Gasteiger partial charge on any atom is -0.309 e. The van der Waals surface area contributed by atoms with Crippen LogP contribution in [0.25, 0.3) is 28.0 Å². The van der Waals surface area contributed by atoms with Crippen molar-refractivity contribution in [1.82, 2.24) is 0 Å². The molecule has 0 aromatic heterocycles. The Morgan fingerprint density at radius 1 is 0.537 bits per heavy atom. The van der Waals surface area contributed by atoms with Gasteiger partial charge < -0.3 is 4.90 Å². The van der Waals surface area contributed by atoms with E-state index in [2.05, 4.69) is 45.7 Å². The first-order valence-electron chi connectivity index (χ1n) is 16.2. The average Bonchev–Trinajstić information content (AvgIpc) is 3.30. The molecule has 0 amide bonds. The monoisotopic (exact) mass is 1060 g/mol. The van der Waals surface area contributed by atoms with Gasteiger partial charge in [-0.25, -0.2) is 36.3 Å². The summed E-state index contributed by atoms with van der Waals surface area (Å²) in [6.45, 7) is 6.21. The number of nitrogens with zero attached hydrogens (tertiary/aromatic N) is 3. The van der Waals surface area contributed by atoms with Crippen LogP contribution < -0.4 is 4.90 Å². The van der Waals surface area contributed by atoms with Crippen LogP contribution in [0.2, 0.25) is 0 Å². The number of hydrogen-bond donors (Lipinski definition) is 0. The quantitative estimate of drug-likeness (QED) is 0.0422. The zero-order valence-electron chi connectivity index (χ0n) is 28.2. The summed E-state index contributed by atoms with van der Waals surface area (Å²) in [5, 5.41) is 0. The second kappa shape index (κ2) is 15.2. The predicted molar refractivity (Wildman–Crippen MR) is 229 cm³/mol. The summed E-state index contributed by atoms with van der Waals surface area (Å²) < 4.78 is 90.1. The SMILES string of the molecule is C=C(N=C(N=C(C)c1c(F)c(C)c(F)c(I)c1F)c1ccc(N2c3ccccc3-c3ccccc3-c3ccccc32)cc1)c1c(F)c(F)c(I)c(I)c1F. The molecule has 1 aliphatic heterocycles. The summed E-state index contributed by atoms with van der Waals surface area (Å²) in [4.78, 5) is 10.9. The molecule has 270 valence electrons. The predicted octanol–water partition coefficient (Wildman–Crippen LogP) is 13.7.